The van der Waals surface area contributed by atoms with E-state index in [4.69, 9.17) is 14.4 Å². The zero-order valence-corrected chi connectivity index (χ0v) is 12.0. The highest BCUT2D eigenvalue weighted by Crippen LogP contribution is 2.19. The smallest absolute Gasteiger partial charge is 0.433 e. The summed E-state index contributed by atoms with van der Waals surface area (Å²) in [6, 6.07) is 10.7. The number of ether oxygens (including phenoxy) is 1. The minimum atomic E-state index is -0.708. The lowest BCUT2D eigenvalue weighted by molar-refractivity contribution is -0.402. The van der Waals surface area contributed by atoms with Crippen molar-refractivity contribution in [3.05, 3.63) is 57.8 Å². The summed E-state index contributed by atoms with van der Waals surface area (Å²) < 4.78 is 9.88. The van der Waals surface area contributed by atoms with Gasteiger partial charge in [-0.05, 0) is 30.3 Å². The molecule has 1 aromatic heterocycles. The average Bonchev–Trinajstić information content (AvgIpc) is 3.02. The van der Waals surface area contributed by atoms with E-state index in [1.54, 1.807) is 30.3 Å². The number of nitriles is 1. The van der Waals surface area contributed by atoms with Crippen LogP contribution in [-0.2, 0) is 4.79 Å². The van der Waals surface area contributed by atoms with Gasteiger partial charge in [-0.3, -0.25) is 14.9 Å². The van der Waals surface area contributed by atoms with E-state index < -0.39 is 16.7 Å². The monoisotopic (exact) mass is 313 g/mol. The normalized spacial score (nSPS) is 10.7. The summed E-state index contributed by atoms with van der Waals surface area (Å²) in [5.74, 6) is -0.458. The average molecular weight is 313 g/mol. The third-order valence-electron chi connectivity index (χ3n) is 2.79. The number of hydrogen-bond acceptors (Lipinski definition) is 6. The number of rotatable bonds is 5. The molecule has 0 spiro atoms. The second-order valence-electron chi connectivity index (χ2n) is 4.29. The SMILES string of the molecule is COc1ccc(NC(=O)/C(C#N)=C\c2ccc([N+](=O)[O-])o2)cc1. The van der Waals surface area contributed by atoms with E-state index in [1.165, 1.54) is 13.2 Å². The van der Waals surface area contributed by atoms with Crippen LogP contribution in [0.5, 0.6) is 5.75 Å². The Kier molecular flexibility index (Phi) is 4.74. The number of methoxy groups -OCH3 is 1. The molecule has 0 unspecified atom stereocenters. The summed E-state index contributed by atoms with van der Waals surface area (Å²) in [6.45, 7) is 0. The molecule has 1 heterocycles. The number of nitrogens with zero attached hydrogens (tertiary/aromatic N) is 2. The molecule has 0 radical (unpaired) electrons. The number of nitrogens with one attached hydrogen (secondary N) is 1. The zero-order chi connectivity index (χ0) is 16.8. The van der Waals surface area contributed by atoms with Crippen molar-refractivity contribution < 1.29 is 18.9 Å². The molecule has 0 fully saturated rings. The summed E-state index contributed by atoms with van der Waals surface area (Å²) in [6.07, 6.45) is 1.13. The molecule has 0 aliphatic heterocycles. The first-order valence-electron chi connectivity index (χ1n) is 6.35. The minimum Gasteiger partial charge on any atom is -0.497 e. The van der Waals surface area contributed by atoms with Crippen LogP contribution < -0.4 is 10.1 Å². The van der Waals surface area contributed by atoms with Crippen molar-refractivity contribution in [3.8, 4) is 11.8 Å². The van der Waals surface area contributed by atoms with Crippen LogP contribution in [0.3, 0.4) is 0 Å². The van der Waals surface area contributed by atoms with Gasteiger partial charge in [0, 0.05) is 11.8 Å². The lowest BCUT2D eigenvalue weighted by atomic mass is 10.2. The molecule has 1 N–H and O–H groups in total. The second-order valence-corrected chi connectivity index (χ2v) is 4.29. The Balaban J connectivity index is 2.15. The Morgan fingerprint density at radius 2 is 2.04 bits per heavy atom. The van der Waals surface area contributed by atoms with Crippen molar-refractivity contribution in [2.75, 3.05) is 12.4 Å². The van der Waals surface area contributed by atoms with Gasteiger partial charge in [-0.25, -0.2) is 0 Å². The van der Waals surface area contributed by atoms with E-state index in [0.717, 1.165) is 12.1 Å². The Hall–Kier alpha value is -3.60. The Labute approximate surface area is 130 Å². The molecule has 116 valence electrons. The van der Waals surface area contributed by atoms with Crippen molar-refractivity contribution in [2.24, 2.45) is 0 Å². The number of carbonyl (C=O) groups excluding carboxylic acids is 1. The first-order valence-corrected chi connectivity index (χ1v) is 6.35. The number of amides is 1. The molecule has 0 bridgehead atoms. The van der Waals surface area contributed by atoms with Crippen LogP contribution in [0.25, 0.3) is 6.08 Å². The molecule has 0 aliphatic rings. The molecule has 8 heteroatoms. The van der Waals surface area contributed by atoms with Gasteiger partial charge in [0.05, 0.1) is 13.2 Å². The summed E-state index contributed by atoms with van der Waals surface area (Å²) in [5.41, 5.74) is 0.229. The van der Waals surface area contributed by atoms with E-state index in [-0.39, 0.29) is 11.3 Å². The number of carbonyl (C=O) groups is 1. The van der Waals surface area contributed by atoms with Gasteiger partial charge in [-0.15, -0.1) is 0 Å². The first-order chi connectivity index (χ1) is 11.0. The van der Waals surface area contributed by atoms with Crippen molar-refractivity contribution in [3.63, 3.8) is 0 Å². The Bertz CT molecular complexity index is 799. The maximum Gasteiger partial charge on any atom is 0.433 e. The van der Waals surface area contributed by atoms with Crippen LogP contribution in [0.2, 0.25) is 0 Å². The van der Waals surface area contributed by atoms with Crippen molar-refractivity contribution in [2.45, 2.75) is 0 Å². The maximum absolute atomic E-state index is 12.0. The van der Waals surface area contributed by atoms with Crippen molar-refractivity contribution >= 4 is 23.6 Å². The minimum absolute atomic E-state index is 0.0399. The zero-order valence-electron chi connectivity index (χ0n) is 12.0. The lowest BCUT2D eigenvalue weighted by Crippen LogP contribution is -2.13. The van der Waals surface area contributed by atoms with Crippen LogP contribution in [0.1, 0.15) is 5.76 Å². The van der Waals surface area contributed by atoms with Gasteiger partial charge >= 0.3 is 5.88 Å². The van der Waals surface area contributed by atoms with E-state index in [2.05, 4.69) is 5.32 Å². The summed E-state index contributed by atoms with van der Waals surface area (Å²) in [7, 11) is 1.52. The summed E-state index contributed by atoms with van der Waals surface area (Å²) >= 11 is 0. The molecule has 8 nitrogen and oxygen atoms in total. The molecule has 0 atom stereocenters. The second kappa shape index (κ2) is 6.91. The fourth-order valence-corrected chi connectivity index (χ4v) is 1.68. The van der Waals surface area contributed by atoms with Gasteiger partial charge < -0.3 is 14.5 Å². The summed E-state index contributed by atoms with van der Waals surface area (Å²) in [5, 5.41) is 22.1. The number of nitro groups is 1. The van der Waals surface area contributed by atoms with Crippen LogP contribution in [0, 0.1) is 21.4 Å². The van der Waals surface area contributed by atoms with E-state index >= 15 is 0 Å². The number of anilines is 1. The van der Waals surface area contributed by atoms with Gasteiger partial charge in [-0.2, -0.15) is 5.26 Å². The predicted octanol–water partition coefficient (Wildman–Crippen LogP) is 2.74. The van der Waals surface area contributed by atoms with Crippen molar-refractivity contribution in [1.82, 2.24) is 0 Å². The molecular weight excluding hydrogens is 302 g/mol. The molecule has 0 aliphatic carbocycles. The molecule has 2 rings (SSSR count). The molecule has 0 saturated carbocycles. The fraction of sp³-hybridized carbons (Fsp3) is 0.0667. The molecule has 23 heavy (non-hydrogen) atoms. The molecule has 0 saturated heterocycles. The fourth-order valence-electron chi connectivity index (χ4n) is 1.68. The molecule has 2 aromatic rings. The van der Waals surface area contributed by atoms with Crippen LogP contribution in [0.4, 0.5) is 11.6 Å². The maximum atomic E-state index is 12.0. The lowest BCUT2D eigenvalue weighted by Gasteiger charge is -2.05. The third kappa shape index (κ3) is 3.95. The van der Waals surface area contributed by atoms with Crippen LogP contribution in [0.15, 0.2) is 46.4 Å². The van der Waals surface area contributed by atoms with Gasteiger partial charge in [0.2, 0.25) is 0 Å². The highest BCUT2D eigenvalue weighted by atomic mass is 16.6. The van der Waals surface area contributed by atoms with Gasteiger partial charge in [-0.1, -0.05) is 0 Å². The predicted molar refractivity (Wildman–Crippen MR) is 80.6 cm³/mol. The van der Waals surface area contributed by atoms with Crippen molar-refractivity contribution in [1.29, 1.82) is 5.26 Å². The molecule has 1 aromatic carbocycles. The Morgan fingerprint density at radius 1 is 1.35 bits per heavy atom. The van der Waals surface area contributed by atoms with Gasteiger partial charge in [0.15, 0.2) is 0 Å². The Morgan fingerprint density at radius 3 is 2.57 bits per heavy atom. The number of hydrogen-bond donors (Lipinski definition) is 1. The number of benzene rings is 1. The standard InChI is InChI=1S/C15H11N3O5/c1-22-12-4-2-11(3-5-12)17-15(19)10(9-16)8-13-6-7-14(23-13)18(20)21/h2-8H,1H3,(H,17,19)/b10-8-. The topological polar surface area (TPSA) is 118 Å². The van der Waals surface area contributed by atoms with E-state index in [9.17, 15) is 14.9 Å². The molecular formula is C15H11N3O5. The quantitative estimate of drug-likeness (QED) is 0.392. The highest BCUT2D eigenvalue weighted by molar-refractivity contribution is 6.09. The first kappa shape index (κ1) is 15.8. The number of furan rings is 1. The van der Waals surface area contributed by atoms with E-state index in [0.29, 0.717) is 11.4 Å². The van der Waals surface area contributed by atoms with E-state index in [1.807, 2.05) is 0 Å². The third-order valence-corrected chi connectivity index (χ3v) is 2.79. The highest BCUT2D eigenvalue weighted by Gasteiger charge is 2.14. The summed E-state index contributed by atoms with van der Waals surface area (Å²) in [4.78, 5) is 21.9. The van der Waals surface area contributed by atoms with Crippen LogP contribution >= 0.6 is 0 Å². The molecule has 1 amide bonds. The van der Waals surface area contributed by atoms with Crippen LogP contribution in [-0.4, -0.2) is 17.9 Å². The largest absolute Gasteiger partial charge is 0.497 e. The van der Waals surface area contributed by atoms with Gasteiger partial charge in [0.25, 0.3) is 5.91 Å². The van der Waals surface area contributed by atoms with Gasteiger partial charge in [0.1, 0.15) is 28.1 Å².